The smallest absolute Gasteiger partial charge is 0.247 e. The minimum atomic E-state index is -3.83. The molecule has 0 radical (unpaired) electrons. The number of sulfonamides is 1. The van der Waals surface area contributed by atoms with Gasteiger partial charge in [0.05, 0.1) is 16.3 Å². The van der Waals surface area contributed by atoms with Crippen molar-refractivity contribution in [3.8, 4) is 0 Å². The summed E-state index contributed by atoms with van der Waals surface area (Å²) in [5.74, 6) is -1.07. The second kappa shape index (κ2) is 9.04. The highest BCUT2D eigenvalue weighted by Crippen LogP contribution is 2.29. The Labute approximate surface area is 174 Å². The second-order valence-corrected chi connectivity index (χ2v) is 9.16. The van der Waals surface area contributed by atoms with Crippen LogP contribution in [-0.2, 0) is 21.2 Å². The normalized spacial score (nSPS) is 15.8. The summed E-state index contributed by atoms with van der Waals surface area (Å²) in [5.41, 5.74) is 2.27. The average Bonchev–Trinajstić information content (AvgIpc) is 2.74. The van der Waals surface area contributed by atoms with Crippen LogP contribution < -0.4 is 5.48 Å². The van der Waals surface area contributed by atoms with Gasteiger partial charge in [-0.3, -0.25) is 14.8 Å². The highest BCUT2D eigenvalue weighted by Gasteiger charge is 2.34. The molecule has 1 amide bonds. The molecule has 0 unspecified atom stereocenters. The van der Waals surface area contributed by atoms with Gasteiger partial charge in [0.15, 0.2) is 5.78 Å². The number of carbonyl (C=O) groups is 2. The van der Waals surface area contributed by atoms with E-state index < -0.39 is 15.9 Å². The zero-order chi connectivity index (χ0) is 21.0. The van der Waals surface area contributed by atoms with E-state index in [-0.39, 0.29) is 36.1 Å². The first-order chi connectivity index (χ1) is 13.8. The maximum absolute atomic E-state index is 13.1. The number of halogens is 1. The maximum Gasteiger partial charge on any atom is 0.247 e. The van der Waals surface area contributed by atoms with Gasteiger partial charge in [-0.15, -0.1) is 0 Å². The van der Waals surface area contributed by atoms with Crippen molar-refractivity contribution >= 4 is 33.3 Å². The molecule has 1 heterocycles. The van der Waals surface area contributed by atoms with Crippen molar-refractivity contribution in [3.63, 3.8) is 0 Å². The average molecular weight is 437 g/mol. The monoisotopic (exact) mass is 436 g/mol. The lowest BCUT2D eigenvalue weighted by atomic mass is 9.89. The fourth-order valence-electron chi connectivity index (χ4n) is 3.49. The van der Waals surface area contributed by atoms with Crippen molar-refractivity contribution in [1.82, 2.24) is 9.79 Å². The topological polar surface area (TPSA) is 104 Å². The Morgan fingerprint density at radius 3 is 2.34 bits per heavy atom. The molecule has 1 aliphatic heterocycles. The molecule has 2 aromatic carbocycles. The molecule has 0 saturated carbocycles. The third-order valence-corrected chi connectivity index (χ3v) is 7.36. The standard InChI is InChI=1S/C20H21ClN2O5S/c21-17-7-3-2-6-16(17)20(25)14-9-11-23(12-10-14)29(27,28)18-8-4-1-5-15(18)13-19(24)22-26/h1-8,14,26H,9-13H2,(H,22,24). The van der Waals surface area contributed by atoms with Gasteiger partial charge in [-0.05, 0) is 36.6 Å². The molecule has 0 aromatic heterocycles. The zero-order valence-electron chi connectivity index (χ0n) is 15.5. The van der Waals surface area contributed by atoms with E-state index in [0.717, 1.165) is 0 Å². The van der Waals surface area contributed by atoms with Gasteiger partial charge in [0.2, 0.25) is 15.9 Å². The number of hydroxylamine groups is 1. The minimum absolute atomic E-state index is 0.0273. The van der Waals surface area contributed by atoms with Crippen molar-refractivity contribution in [1.29, 1.82) is 0 Å². The molecule has 1 saturated heterocycles. The molecule has 1 aliphatic rings. The molecule has 2 N–H and O–H groups in total. The van der Waals surface area contributed by atoms with Gasteiger partial charge in [0, 0.05) is 24.6 Å². The van der Waals surface area contributed by atoms with E-state index in [9.17, 15) is 18.0 Å². The van der Waals surface area contributed by atoms with Gasteiger partial charge >= 0.3 is 0 Å². The number of ketones is 1. The van der Waals surface area contributed by atoms with E-state index in [1.54, 1.807) is 36.4 Å². The van der Waals surface area contributed by atoms with Gasteiger partial charge in [-0.1, -0.05) is 41.9 Å². The minimum Gasteiger partial charge on any atom is -0.294 e. The number of benzene rings is 2. The summed E-state index contributed by atoms with van der Waals surface area (Å²) in [6, 6.07) is 13.0. The molecule has 0 aliphatic carbocycles. The van der Waals surface area contributed by atoms with Crippen molar-refractivity contribution in [2.45, 2.75) is 24.2 Å². The van der Waals surface area contributed by atoms with E-state index in [0.29, 0.717) is 29.0 Å². The van der Waals surface area contributed by atoms with Gasteiger partial charge < -0.3 is 0 Å². The number of nitrogens with one attached hydrogen (secondary N) is 1. The van der Waals surface area contributed by atoms with E-state index in [4.69, 9.17) is 16.8 Å². The van der Waals surface area contributed by atoms with Crippen LogP contribution in [0.1, 0.15) is 28.8 Å². The Balaban J connectivity index is 1.75. The van der Waals surface area contributed by atoms with E-state index in [2.05, 4.69) is 0 Å². The third kappa shape index (κ3) is 4.67. The van der Waals surface area contributed by atoms with E-state index in [1.807, 2.05) is 0 Å². The van der Waals surface area contributed by atoms with Gasteiger partial charge in [0.25, 0.3) is 0 Å². The van der Waals surface area contributed by atoms with Crippen molar-refractivity contribution < 1.29 is 23.2 Å². The van der Waals surface area contributed by atoms with Crippen LogP contribution in [0.3, 0.4) is 0 Å². The number of piperidine rings is 1. The number of hydrogen-bond donors (Lipinski definition) is 2. The van der Waals surface area contributed by atoms with Gasteiger partial charge in [-0.25, -0.2) is 13.9 Å². The third-order valence-electron chi connectivity index (χ3n) is 5.03. The summed E-state index contributed by atoms with van der Waals surface area (Å²) in [6.07, 6.45) is 0.526. The molecular weight excluding hydrogens is 416 g/mol. The highest BCUT2D eigenvalue weighted by atomic mass is 35.5. The van der Waals surface area contributed by atoms with Crippen LogP contribution in [0.4, 0.5) is 0 Å². The lowest BCUT2D eigenvalue weighted by Gasteiger charge is -2.31. The van der Waals surface area contributed by atoms with Crippen molar-refractivity contribution in [2.75, 3.05) is 13.1 Å². The number of carbonyl (C=O) groups excluding carboxylic acids is 2. The van der Waals surface area contributed by atoms with Crippen LogP contribution in [0, 0.1) is 5.92 Å². The number of Topliss-reactive ketones (excluding diaryl/α,β-unsaturated/α-hetero) is 1. The van der Waals surface area contributed by atoms with Crippen LogP contribution in [0.15, 0.2) is 53.4 Å². The summed E-state index contributed by atoms with van der Waals surface area (Å²) in [5, 5.41) is 9.12. The molecule has 7 nitrogen and oxygen atoms in total. The summed E-state index contributed by atoms with van der Waals surface area (Å²) < 4.78 is 27.5. The molecule has 154 valence electrons. The van der Waals surface area contributed by atoms with Crippen LogP contribution in [0.25, 0.3) is 0 Å². The first-order valence-corrected chi connectivity index (χ1v) is 11.0. The fraction of sp³-hybridized carbons (Fsp3) is 0.300. The largest absolute Gasteiger partial charge is 0.294 e. The number of amides is 1. The van der Waals surface area contributed by atoms with Crippen LogP contribution in [0.5, 0.6) is 0 Å². The number of hydrogen-bond acceptors (Lipinski definition) is 5. The SMILES string of the molecule is O=C(Cc1ccccc1S(=O)(=O)N1CCC(C(=O)c2ccccc2Cl)CC1)NO. The predicted molar refractivity (Wildman–Crippen MR) is 107 cm³/mol. The van der Waals surface area contributed by atoms with Crippen LogP contribution in [-0.4, -0.2) is 42.7 Å². The lowest BCUT2D eigenvalue weighted by molar-refractivity contribution is -0.128. The van der Waals surface area contributed by atoms with Gasteiger partial charge in [0.1, 0.15) is 0 Å². The molecule has 9 heteroatoms. The Bertz CT molecular complexity index is 1020. The molecule has 1 fully saturated rings. The summed E-state index contributed by atoms with van der Waals surface area (Å²) in [4.78, 5) is 24.3. The van der Waals surface area contributed by atoms with Crippen LogP contribution in [0.2, 0.25) is 5.02 Å². The second-order valence-electron chi connectivity index (χ2n) is 6.84. The van der Waals surface area contributed by atoms with Crippen LogP contribution >= 0.6 is 11.6 Å². The quantitative estimate of drug-likeness (QED) is 0.411. The maximum atomic E-state index is 13.1. The van der Waals surface area contributed by atoms with Crippen molar-refractivity contribution in [2.24, 2.45) is 5.92 Å². The Hall–Kier alpha value is -2.26. The van der Waals surface area contributed by atoms with Crippen molar-refractivity contribution in [3.05, 3.63) is 64.7 Å². The molecule has 2 aromatic rings. The molecule has 0 bridgehead atoms. The molecule has 0 spiro atoms. The Morgan fingerprint density at radius 1 is 1.07 bits per heavy atom. The number of rotatable bonds is 6. The fourth-order valence-corrected chi connectivity index (χ4v) is 5.41. The number of nitrogens with zero attached hydrogens (tertiary/aromatic N) is 1. The summed E-state index contributed by atoms with van der Waals surface area (Å²) >= 11 is 6.11. The Morgan fingerprint density at radius 2 is 1.69 bits per heavy atom. The first kappa shape index (κ1) is 21.4. The lowest BCUT2D eigenvalue weighted by Crippen LogP contribution is -2.40. The molecule has 29 heavy (non-hydrogen) atoms. The zero-order valence-corrected chi connectivity index (χ0v) is 17.1. The first-order valence-electron chi connectivity index (χ1n) is 9.14. The molecule has 0 atom stereocenters. The van der Waals surface area contributed by atoms with Gasteiger partial charge in [-0.2, -0.15) is 4.31 Å². The summed E-state index contributed by atoms with van der Waals surface area (Å²) in [6.45, 7) is 0.396. The Kier molecular flexibility index (Phi) is 6.69. The molecule has 3 rings (SSSR count). The molecular formula is C20H21ClN2O5S. The highest BCUT2D eigenvalue weighted by molar-refractivity contribution is 7.89. The predicted octanol–water partition coefficient (Wildman–Crippen LogP) is 2.67. The van der Waals surface area contributed by atoms with E-state index >= 15 is 0 Å². The van der Waals surface area contributed by atoms with E-state index in [1.165, 1.54) is 21.9 Å². The summed E-state index contributed by atoms with van der Waals surface area (Å²) in [7, 11) is -3.83.